The van der Waals surface area contributed by atoms with Crippen molar-refractivity contribution in [1.82, 2.24) is 19.6 Å². The van der Waals surface area contributed by atoms with Gasteiger partial charge >= 0.3 is 0 Å². The van der Waals surface area contributed by atoms with Crippen LogP contribution in [0, 0.1) is 13.8 Å². The first-order chi connectivity index (χ1) is 13.4. The molecule has 1 saturated heterocycles. The Morgan fingerprint density at radius 3 is 2.32 bits per heavy atom. The number of thiocarbonyl (C=S) groups is 1. The molecule has 0 bridgehead atoms. The van der Waals surface area contributed by atoms with E-state index in [2.05, 4.69) is 72.2 Å². The molecule has 1 atom stereocenters. The number of aryl methyl sites for hydroxylation is 2. The van der Waals surface area contributed by atoms with E-state index >= 15 is 0 Å². The van der Waals surface area contributed by atoms with E-state index in [4.69, 9.17) is 12.2 Å². The average molecular weight is 400 g/mol. The molecule has 0 saturated carbocycles. The first kappa shape index (κ1) is 20.8. The number of aromatic nitrogens is 2. The second-order valence-electron chi connectivity index (χ2n) is 7.90. The zero-order valence-electron chi connectivity index (χ0n) is 17.8. The molecule has 3 rings (SSSR count). The number of nitrogens with one attached hydrogen (secondary N) is 1. The molecule has 1 fully saturated rings. The van der Waals surface area contributed by atoms with E-state index in [0.29, 0.717) is 5.92 Å². The molecule has 1 unspecified atom stereocenters. The first-order valence-corrected chi connectivity index (χ1v) is 10.7. The molecule has 5 nitrogen and oxygen atoms in total. The molecule has 1 aliphatic rings. The molecule has 1 aliphatic heterocycles. The Morgan fingerprint density at radius 2 is 1.79 bits per heavy atom. The Labute approximate surface area is 174 Å². The zero-order chi connectivity index (χ0) is 20.3. The molecule has 152 valence electrons. The van der Waals surface area contributed by atoms with E-state index in [9.17, 15) is 0 Å². The zero-order valence-corrected chi connectivity index (χ0v) is 18.6. The monoisotopic (exact) mass is 399 g/mol. The Hall–Kier alpha value is -1.92. The van der Waals surface area contributed by atoms with Gasteiger partial charge in [0.2, 0.25) is 0 Å². The highest BCUT2D eigenvalue weighted by molar-refractivity contribution is 7.80. The van der Waals surface area contributed by atoms with Crippen molar-refractivity contribution >= 4 is 23.0 Å². The van der Waals surface area contributed by atoms with E-state index in [1.807, 2.05) is 11.7 Å². The second kappa shape index (κ2) is 9.05. The lowest BCUT2D eigenvalue weighted by Gasteiger charge is -2.36. The third-order valence-electron chi connectivity index (χ3n) is 6.04. The standard InChI is InChI=1S/C22H33N5S/c1-6-16(2)19-7-9-20(10-8-19)23-22(28)27-13-11-26(12-14-27)15-21-17(3)24-25(5)18(21)4/h7-10,16H,6,11-15H2,1-5H3,(H,23,28). The SMILES string of the molecule is CCC(C)c1ccc(NC(=S)N2CCN(Cc3c(C)nn(C)c3C)CC2)cc1. The van der Waals surface area contributed by atoms with Gasteiger partial charge < -0.3 is 10.2 Å². The van der Waals surface area contributed by atoms with Gasteiger partial charge in [0.1, 0.15) is 0 Å². The summed E-state index contributed by atoms with van der Waals surface area (Å²) in [5.74, 6) is 0.598. The highest BCUT2D eigenvalue weighted by atomic mass is 32.1. The summed E-state index contributed by atoms with van der Waals surface area (Å²) >= 11 is 5.66. The third kappa shape index (κ3) is 4.73. The molecule has 2 heterocycles. The van der Waals surface area contributed by atoms with Crippen molar-refractivity contribution in [2.24, 2.45) is 7.05 Å². The molecule has 1 aromatic carbocycles. The minimum absolute atomic E-state index is 0.598. The third-order valence-corrected chi connectivity index (χ3v) is 6.40. The molecule has 1 aromatic heterocycles. The van der Waals surface area contributed by atoms with Gasteiger partial charge in [0.25, 0.3) is 0 Å². The fourth-order valence-electron chi connectivity index (χ4n) is 3.71. The van der Waals surface area contributed by atoms with Gasteiger partial charge in [-0.2, -0.15) is 5.10 Å². The molecule has 28 heavy (non-hydrogen) atoms. The van der Waals surface area contributed by atoms with E-state index in [0.717, 1.165) is 55.6 Å². The first-order valence-electron chi connectivity index (χ1n) is 10.3. The maximum Gasteiger partial charge on any atom is 0.173 e. The van der Waals surface area contributed by atoms with Crippen LogP contribution in [0.15, 0.2) is 24.3 Å². The fraction of sp³-hybridized carbons (Fsp3) is 0.545. The minimum atomic E-state index is 0.598. The molecule has 2 aromatic rings. The fourth-order valence-corrected chi connectivity index (χ4v) is 4.01. The summed E-state index contributed by atoms with van der Waals surface area (Å²) in [7, 11) is 2.02. The van der Waals surface area contributed by atoms with Crippen LogP contribution in [0.2, 0.25) is 0 Å². The molecule has 0 aliphatic carbocycles. The highest BCUT2D eigenvalue weighted by Gasteiger charge is 2.21. The van der Waals surface area contributed by atoms with Crippen LogP contribution in [0.5, 0.6) is 0 Å². The Bertz CT molecular complexity index is 803. The van der Waals surface area contributed by atoms with Crippen LogP contribution in [-0.4, -0.2) is 50.9 Å². The second-order valence-corrected chi connectivity index (χ2v) is 8.28. The van der Waals surface area contributed by atoms with Crippen molar-refractivity contribution in [3.63, 3.8) is 0 Å². The van der Waals surface area contributed by atoms with Gasteiger partial charge in [0.05, 0.1) is 5.69 Å². The summed E-state index contributed by atoms with van der Waals surface area (Å²) in [4.78, 5) is 4.77. The average Bonchev–Trinajstić information content (AvgIpc) is 2.94. The smallest absolute Gasteiger partial charge is 0.173 e. The van der Waals surface area contributed by atoms with Crippen LogP contribution in [0.1, 0.15) is 48.7 Å². The van der Waals surface area contributed by atoms with Crippen LogP contribution < -0.4 is 5.32 Å². The molecular formula is C22H33N5S. The number of nitrogens with zero attached hydrogens (tertiary/aromatic N) is 4. The molecule has 1 N–H and O–H groups in total. The number of benzene rings is 1. The molecule has 0 spiro atoms. The Balaban J connectivity index is 1.51. The van der Waals surface area contributed by atoms with Crippen molar-refractivity contribution < 1.29 is 0 Å². The topological polar surface area (TPSA) is 36.3 Å². The molecular weight excluding hydrogens is 366 g/mol. The summed E-state index contributed by atoms with van der Waals surface area (Å²) in [5.41, 5.74) is 6.21. The van der Waals surface area contributed by atoms with Crippen LogP contribution >= 0.6 is 12.2 Å². The maximum atomic E-state index is 5.66. The van der Waals surface area contributed by atoms with Crippen LogP contribution in [0.3, 0.4) is 0 Å². The van der Waals surface area contributed by atoms with Gasteiger partial charge in [-0.15, -0.1) is 0 Å². The number of anilines is 1. The van der Waals surface area contributed by atoms with Crippen LogP contribution in [0.25, 0.3) is 0 Å². The largest absolute Gasteiger partial charge is 0.346 e. The van der Waals surface area contributed by atoms with E-state index in [-0.39, 0.29) is 0 Å². The van der Waals surface area contributed by atoms with Crippen LogP contribution in [-0.2, 0) is 13.6 Å². The normalized spacial score (nSPS) is 16.2. The van der Waals surface area contributed by atoms with Gasteiger partial charge in [-0.1, -0.05) is 26.0 Å². The predicted octanol–water partition coefficient (Wildman–Crippen LogP) is 4.07. The number of rotatable bonds is 5. The van der Waals surface area contributed by atoms with Gasteiger partial charge in [0.15, 0.2) is 5.11 Å². The number of piperazine rings is 1. The van der Waals surface area contributed by atoms with E-state index < -0.39 is 0 Å². The van der Waals surface area contributed by atoms with Gasteiger partial charge in [-0.25, -0.2) is 0 Å². The van der Waals surface area contributed by atoms with Crippen molar-refractivity contribution in [3.05, 3.63) is 46.8 Å². The summed E-state index contributed by atoms with van der Waals surface area (Å²) in [6.07, 6.45) is 1.16. The van der Waals surface area contributed by atoms with Crippen molar-refractivity contribution in [3.8, 4) is 0 Å². The van der Waals surface area contributed by atoms with Gasteiger partial charge in [0, 0.05) is 56.7 Å². The number of hydrogen-bond donors (Lipinski definition) is 1. The maximum absolute atomic E-state index is 5.66. The van der Waals surface area contributed by atoms with Crippen LogP contribution in [0.4, 0.5) is 5.69 Å². The molecule has 6 heteroatoms. The van der Waals surface area contributed by atoms with Crippen molar-refractivity contribution in [1.29, 1.82) is 0 Å². The lowest BCUT2D eigenvalue weighted by molar-refractivity contribution is 0.176. The van der Waals surface area contributed by atoms with Gasteiger partial charge in [-0.05, 0) is 56.1 Å². The lowest BCUT2D eigenvalue weighted by Crippen LogP contribution is -2.49. The van der Waals surface area contributed by atoms with E-state index in [1.165, 1.54) is 16.8 Å². The highest BCUT2D eigenvalue weighted by Crippen LogP contribution is 2.21. The summed E-state index contributed by atoms with van der Waals surface area (Å²) in [6, 6.07) is 8.68. The van der Waals surface area contributed by atoms with Crippen molar-refractivity contribution in [2.75, 3.05) is 31.5 Å². The lowest BCUT2D eigenvalue weighted by atomic mass is 9.99. The summed E-state index contributed by atoms with van der Waals surface area (Å²) in [5, 5.41) is 8.77. The quantitative estimate of drug-likeness (QED) is 0.767. The molecule has 0 radical (unpaired) electrons. The van der Waals surface area contributed by atoms with E-state index in [1.54, 1.807) is 0 Å². The van der Waals surface area contributed by atoms with Gasteiger partial charge in [-0.3, -0.25) is 9.58 Å². The Morgan fingerprint density at radius 1 is 1.14 bits per heavy atom. The minimum Gasteiger partial charge on any atom is -0.346 e. The summed E-state index contributed by atoms with van der Waals surface area (Å²) < 4.78 is 1.98. The summed E-state index contributed by atoms with van der Waals surface area (Å²) in [6.45, 7) is 13.6. The predicted molar refractivity (Wildman–Crippen MR) is 121 cm³/mol. The Kier molecular flexibility index (Phi) is 6.73. The van der Waals surface area contributed by atoms with Crippen molar-refractivity contribution in [2.45, 2.75) is 46.6 Å². The molecule has 0 amide bonds. The number of hydrogen-bond acceptors (Lipinski definition) is 3.